The highest BCUT2D eigenvalue weighted by molar-refractivity contribution is 6.04. The van der Waals surface area contributed by atoms with Gasteiger partial charge in [-0.25, -0.2) is 13.5 Å². The van der Waals surface area contributed by atoms with Gasteiger partial charge in [-0.2, -0.15) is 10.4 Å². The normalized spacial score (nSPS) is 12.5. The second kappa shape index (κ2) is 7.24. The number of benzene rings is 2. The van der Waals surface area contributed by atoms with Crippen LogP contribution in [0.5, 0.6) is 0 Å². The monoisotopic (exact) mass is 378 g/mol. The minimum atomic E-state index is -0.955. The van der Waals surface area contributed by atoms with Crippen LogP contribution in [0.3, 0.4) is 0 Å². The van der Waals surface area contributed by atoms with Gasteiger partial charge in [-0.1, -0.05) is 12.1 Å². The second-order valence-electron chi connectivity index (χ2n) is 6.62. The van der Waals surface area contributed by atoms with Crippen molar-refractivity contribution in [3.05, 3.63) is 76.6 Å². The molecule has 0 aliphatic heterocycles. The first-order chi connectivity index (χ1) is 13.6. The lowest BCUT2D eigenvalue weighted by Gasteiger charge is -2.06. The smallest absolute Gasteiger partial charge is 0.276 e. The van der Waals surface area contributed by atoms with Crippen LogP contribution in [0.2, 0.25) is 0 Å². The van der Waals surface area contributed by atoms with Crippen molar-refractivity contribution in [1.82, 2.24) is 9.78 Å². The van der Waals surface area contributed by atoms with Crippen LogP contribution in [0.4, 0.5) is 14.5 Å². The molecule has 7 heteroatoms. The number of anilines is 1. The summed E-state index contributed by atoms with van der Waals surface area (Å²) in [7, 11) is 0. The molecule has 4 rings (SSSR count). The first kappa shape index (κ1) is 17.9. The molecule has 2 aromatic carbocycles. The summed E-state index contributed by atoms with van der Waals surface area (Å²) in [5.74, 6) is -2.24. The highest BCUT2D eigenvalue weighted by Crippen LogP contribution is 2.29. The highest BCUT2D eigenvalue weighted by atomic mass is 19.2. The van der Waals surface area contributed by atoms with E-state index in [-0.39, 0.29) is 5.91 Å². The molecule has 0 radical (unpaired) electrons. The van der Waals surface area contributed by atoms with Crippen molar-refractivity contribution in [3.8, 4) is 11.8 Å². The zero-order valence-electron chi connectivity index (χ0n) is 14.9. The number of halogens is 2. The van der Waals surface area contributed by atoms with Crippen molar-refractivity contribution in [3.63, 3.8) is 0 Å². The molecule has 1 aliphatic carbocycles. The van der Waals surface area contributed by atoms with E-state index in [9.17, 15) is 13.6 Å². The second-order valence-corrected chi connectivity index (χ2v) is 6.62. The SMILES string of the molecule is N#CCc1ccc(NC(=O)c2nn(-c3ccc(F)c(F)c3)c3c2CCC3)cc1. The van der Waals surface area contributed by atoms with Gasteiger partial charge in [0, 0.05) is 23.0 Å². The topological polar surface area (TPSA) is 70.7 Å². The number of fused-ring (bicyclic) bond motifs is 1. The fraction of sp³-hybridized carbons (Fsp3) is 0.190. The van der Waals surface area contributed by atoms with E-state index in [0.29, 0.717) is 29.9 Å². The number of amides is 1. The van der Waals surface area contributed by atoms with E-state index in [1.807, 2.05) is 0 Å². The van der Waals surface area contributed by atoms with Crippen molar-refractivity contribution in [2.24, 2.45) is 0 Å². The van der Waals surface area contributed by atoms with Crippen LogP contribution in [0.1, 0.15) is 33.7 Å². The number of nitriles is 1. The number of hydrogen-bond acceptors (Lipinski definition) is 3. The molecule has 1 heterocycles. The Labute approximate surface area is 160 Å². The third-order valence-corrected chi connectivity index (χ3v) is 4.79. The largest absolute Gasteiger partial charge is 0.321 e. The fourth-order valence-electron chi connectivity index (χ4n) is 3.44. The third-order valence-electron chi connectivity index (χ3n) is 4.79. The van der Waals surface area contributed by atoms with Crippen LogP contribution in [-0.2, 0) is 19.3 Å². The van der Waals surface area contributed by atoms with Crippen LogP contribution in [0.25, 0.3) is 5.69 Å². The van der Waals surface area contributed by atoms with Gasteiger partial charge in [0.25, 0.3) is 5.91 Å². The van der Waals surface area contributed by atoms with Gasteiger partial charge in [0.2, 0.25) is 0 Å². The van der Waals surface area contributed by atoms with Crippen molar-refractivity contribution in [2.75, 3.05) is 5.32 Å². The molecule has 1 aliphatic rings. The molecule has 0 unspecified atom stereocenters. The van der Waals surface area contributed by atoms with Gasteiger partial charge in [0.1, 0.15) is 0 Å². The number of rotatable bonds is 4. The van der Waals surface area contributed by atoms with Crippen LogP contribution in [0.15, 0.2) is 42.5 Å². The quantitative estimate of drug-likeness (QED) is 0.747. The summed E-state index contributed by atoms with van der Waals surface area (Å²) in [5.41, 5.74) is 3.82. The molecule has 0 bridgehead atoms. The van der Waals surface area contributed by atoms with E-state index in [0.717, 1.165) is 41.8 Å². The number of nitrogens with zero attached hydrogens (tertiary/aromatic N) is 3. The predicted octanol–water partition coefficient (Wildman–Crippen LogP) is 3.96. The number of aromatic nitrogens is 2. The van der Waals surface area contributed by atoms with E-state index in [1.165, 1.54) is 10.7 Å². The minimum Gasteiger partial charge on any atom is -0.321 e. The molecule has 3 aromatic rings. The lowest BCUT2D eigenvalue weighted by Crippen LogP contribution is -2.15. The molecule has 140 valence electrons. The predicted molar refractivity (Wildman–Crippen MR) is 99.2 cm³/mol. The molecular formula is C21H16F2N4O. The number of carbonyl (C=O) groups excluding carboxylic acids is 1. The zero-order valence-corrected chi connectivity index (χ0v) is 14.9. The van der Waals surface area contributed by atoms with Gasteiger partial charge < -0.3 is 5.32 Å². The summed E-state index contributed by atoms with van der Waals surface area (Å²) in [4.78, 5) is 12.8. The molecule has 0 atom stereocenters. The lowest BCUT2D eigenvalue weighted by molar-refractivity contribution is 0.102. The van der Waals surface area contributed by atoms with Gasteiger partial charge in [-0.05, 0) is 49.1 Å². The molecular weight excluding hydrogens is 362 g/mol. The molecule has 1 amide bonds. The molecule has 5 nitrogen and oxygen atoms in total. The Morgan fingerprint density at radius 2 is 1.93 bits per heavy atom. The van der Waals surface area contributed by atoms with E-state index >= 15 is 0 Å². The van der Waals surface area contributed by atoms with Crippen LogP contribution < -0.4 is 5.32 Å². The van der Waals surface area contributed by atoms with Gasteiger partial charge >= 0.3 is 0 Å². The Bertz CT molecular complexity index is 1100. The van der Waals surface area contributed by atoms with Gasteiger partial charge in [-0.15, -0.1) is 0 Å². The van der Waals surface area contributed by atoms with E-state index in [2.05, 4.69) is 16.5 Å². The maximum absolute atomic E-state index is 13.6. The lowest BCUT2D eigenvalue weighted by atomic mass is 10.1. The maximum Gasteiger partial charge on any atom is 0.276 e. The molecule has 0 spiro atoms. The Balaban J connectivity index is 1.64. The van der Waals surface area contributed by atoms with Crippen molar-refractivity contribution in [2.45, 2.75) is 25.7 Å². The molecule has 0 saturated carbocycles. The van der Waals surface area contributed by atoms with Gasteiger partial charge in [0.05, 0.1) is 18.2 Å². The van der Waals surface area contributed by atoms with Crippen LogP contribution >= 0.6 is 0 Å². The van der Waals surface area contributed by atoms with Crippen LogP contribution in [0, 0.1) is 23.0 Å². The van der Waals surface area contributed by atoms with Crippen molar-refractivity contribution in [1.29, 1.82) is 5.26 Å². The van der Waals surface area contributed by atoms with E-state index in [1.54, 1.807) is 24.3 Å². The Hall–Kier alpha value is -3.53. The first-order valence-corrected chi connectivity index (χ1v) is 8.90. The van der Waals surface area contributed by atoms with Crippen LogP contribution in [-0.4, -0.2) is 15.7 Å². The van der Waals surface area contributed by atoms with Gasteiger partial charge in [0.15, 0.2) is 17.3 Å². The van der Waals surface area contributed by atoms with Crippen molar-refractivity contribution >= 4 is 11.6 Å². The highest BCUT2D eigenvalue weighted by Gasteiger charge is 2.27. The van der Waals surface area contributed by atoms with E-state index < -0.39 is 11.6 Å². The number of hydrogen-bond donors (Lipinski definition) is 1. The van der Waals surface area contributed by atoms with E-state index in [4.69, 9.17) is 5.26 Å². The summed E-state index contributed by atoms with van der Waals surface area (Å²) >= 11 is 0. The molecule has 1 N–H and O–H groups in total. The maximum atomic E-state index is 13.6. The Morgan fingerprint density at radius 1 is 1.14 bits per heavy atom. The van der Waals surface area contributed by atoms with Crippen molar-refractivity contribution < 1.29 is 13.6 Å². The zero-order chi connectivity index (χ0) is 19.7. The molecule has 28 heavy (non-hydrogen) atoms. The summed E-state index contributed by atoms with van der Waals surface area (Å²) in [6, 6.07) is 12.7. The minimum absolute atomic E-state index is 0.290. The molecule has 1 aromatic heterocycles. The third kappa shape index (κ3) is 3.25. The molecule has 0 saturated heterocycles. The Kier molecular flexibility index (Phi) is 4.62. The van der Waals surface area contributed by atoms with Gasteiger partial charge in [-0.3, -0.25) is 4.79 Å². The summed E-state index contributed by atoms with van der Waals surface area (Å²) in [5, 5.41) is 15.9. The fourth-order valence-corrected chi connectivity index (χ4v) is 3.44. The summed E-state index contributed by atoms with van der Waals surface area (Å²) in [6.45, 7) is 0. The number of carbonyl (C=O) groups is 1. The average Bonchev–Trinajstić information content (AvgIpc) is 3.28. The number of nitrogens with one attached hydrogen (secondary N) is 1. The average molecular weight is 378 g/mol. The standard InChI is InChI=1S/C21H16F2N4O/c22-17-9-8-15(12-18(17)23)27-19-3-1-2-16(19)20(26-27)21(28)25-14-6-4-13(5-7-14)10-11-24/h4-9,12H,1-3,10H2,(H,25,28). The Morgan fingerprint density at radius 3 is 2.64 bits per heavy atom. The summed E-state index contributed by atoms with van der Waals surface area (Å²) in [6.07, 6.45) is 2.61. The first-order valence-electron chi connectivity index (χ1n) is 8.90. The summed E-state index contributed by atoms with van der Waals surface area (Å²) < 4.78 is 28.4. The molecule has 0 fully saturated rings.